The summed E-state index contributed by atoms with van der Waals surface area (Å²) >= 11 is 3.47. The van der Waals surface area contributed by atoms with Crippen LogP contribution >= 0.6 is 15.9 Å². The second-order valence-corrected chi connectivity index (χ2v) is 5.79. The molecule has 0 unspecified atom stereocenters. The molecule has 0 saturated carbocycles. The minimum absolute atomic E-state index is 0.0454. The summed E-state index contributed by atoms with van der Waals surface area (Å²) in [6, 6.07) is 14.0. The smallest absolute Gasteiger partial charge is 0.224 e. The van der Waals surface area contributed by atoms with Crippen molar-refractivity contribution in [1.82, 2.24) is 0 Å². The largest absolute Gasteiger partial charge is 0.326 e. The molecule has 0 radical (unpaired) electrons. The average Bonchev–Trinajstić information content (AvgIpc) is 2.42. The fourth-order valence-corrected chi connectivity index (χ4v) is 2.41. The Labute approximate surface area is 128 Å². The summed E-state index contributed by atoms with van der Waals surface area (Å²) in [5.74, 6) is 0.0454. The van der Waals surface area contributed by atoms with Gasteiger partial charge in [-0.25, -0.2) is 0 Å². The number of rotatable bonds is 4. The van der Waals surface area contributed by atoms with Crippen LogP contribution in [0.1, 0.15) is 23.1 Å². The zero-order valence-corrected chi connectivity index (χ0v) is 13.3. The van der Waals surface area contributed by atoms with Crippen LogP contribution in [0.4, 0.5) is 5.69 Å². The third-order valence-corrected chi connectivity index (χ3v) is 4.19. The van der Waals surface area contributed by atoms with E-state index in [-0.39, 0.29) is 5.91 Å². The zero-order chi connectivity index (χ0) is 14.5. The van der Waals surface area contributed by atoms with Crippen LogP contribution in [0.3, 0.4) is 0 Å². The molecule has 2 rings (SSSR count). The molecular formula is C17H18BrNO. The molecule has 104 valence electrons. The highest BCUT2D eigenvalue weighted by atomic mass is 79.9. The van der Waals surface area contributed by atoms with Gasteiger partial charge in [0.15, 0.2) is 0 Å². The van der Waals surface area contributed by atoms with E-state index in [0.29, 0.717) is 6.42 Å². The van der Waals surface area contributed by atoms with Gasteiger partial charge in [0.25, 0.3) is 0 Å². The van der Waals surface area contributed by atoms with E-state index in [4.69, 9.17) is 0 Å². The number of halogens is 1. The lowest BCUT2D eigenvalue weighted by Crippen LogP contribution is -2.12. The quantitative estimate of drug-likeness (QED) is 0.868. The molecule has 0 aliphatic rings. The molecule has 2 nitrogen and oxygen atoms in total. The van der Waals surface area contributed by atoms with Gasteiger partial charge in [-0.3, -0.25) is 4.79 Å². The standard InChI is InChI=1S/C17H18BrNO/c1-12-5-3-4-6-14(12)8-10-17(20)19-15-9-7-13(2)16(18)11-15/h3-7,9,11H,8,10H2,1-2H3,(H,19,20). The maximum absolute atomic E-state index is 12.0. The third kappa shape index (κ3) is 3.94. The van der Waals surface area contributed by atoms with Crippen LogP contribution in [0.5, 0.6) is 0 Å². The van der Waals surface area contributed by atoms with E-state index in [1.165, 1.54) is 11.1 Å². The van der Waals surface area contributed by atoms with Crippen LogP contribution in [0.15, 0.2) is 46.9 Å². The Morgan fingerprint density at radius 2 is 1.85 bits per heavy atom. The molecule has 0 aliphatic carbocycles. The minimum atomic E-state index is 0.0454. The van der Waals surface area contributed by atoms with E-state index in [0.717, 1.165) is 22.1 Å². The molecule has 20 heavy (non-hydrogen) atoms. The van der Waals surface area contributed by atoms with Crippen molar-refractivity contribution in [2.24, 2.45) is 0 Å². The molecule has 1 amide bonds. The van der Waals surface area contributed by atoms with Gasteiger partial charge in [0.1, 0.15) is 0 Å². The van der Waals surface area contributed by atoms with Crippen molar-refractivity contribution in [2.75, 3.05) is 5.32 Å². The summed E-state index contributed by atoms with van der Waals surface area (Å²) < 4.78 is 1.01. The lowest BCUT2D eigenvalue weighted by molar-refractivity contribution is -0.116. The lowest BCUT2D eigenvalue weighted by Gasteiger charge is -2.08. The van der Waals surface area contributed by atoms with E-state index in [9.17, 15) is 4.79 Å². The molecule has 2 aromatic rings. The van der Waals surface area contributed by atoms with Crippen LogP contribution in [-0.4, -0.2) is 5.91 Å². The number of anilines is 1. The van der Waals surface area contributed by atoms with Crippen molar-refractivity contribution >= 4 is 27.5 Å². The predicted octanol–water partition coefficient (Wildman–Crippen LogP) is 4.64. The normalized spacial score (nSPS) is 10.3. The number of benzene rings is 2. The molecule has 0 bridgehead atoms. The van der Waals surface area contributed by atoms with Gasteiger partial charge in [0, 0.05) is 16.6 Å². The Morgan fingerprint density at radius 3 is 2.55 bits per heavy atom. The van der Waals surface area contributed by atoms with Crippen molar-refractivity contribution in [3.05, 3.63) is 63.6 Å². The number of carbonyl (C=O) groups is 1. The van der Waals surface area contributed by atoms with Crippen LogP contribution in [-0.2, 0) is 11.2 Å². The topological polar surface area (TPSA) is 29.1 Å². The van der Waals surface area contributed by atoms with Crippen LogP contribution in [0.25, 0.3) is 0 Å². The first-order valence-corrected chi connectivity index (χ1v) is 7.46. The molecule has 0 fully saturated rings. The molecule has 0 heterocycles. The monoisotopic (exact) mass is 331 g/mol. The van der Waals surface area contributed by atoms with Gasteiger partial charge < -0.3 is 5.32 Å². The number of carbonyl (C=O) groups excluding carboxylic acids is 1. The number of amides is 1. The maximum Gasteiger partial charge on any atom is 0.224 e. The number of hydrogen-bond acceptors (Lipinski definition) is 1. The Kier molecular flexibility index (Phi) is 4.96. The van der Waals surface area contributed by atoms with Gasteiger partial charge in [-0.05, 0) is 49.1 Å². The third-order valence-electron chi connectivity index (χ3n) is 3.34. The summed E-state index contributed by atoms with van der Waals surface area (Å²) in [7, 11) is 0. The van der Waals surface area contributed by atoms with E-state index < -0.39 is 0 Å². The SMILES string of the molecule is Cc1ccc(NC(=O)CCc2ccccc2C)cc1Br. The van der Waals surface area contributed by atoms with E-state index in [2.05, 4.69) is 40.3 Å². The Bertz CT molecular complexity index is 622. The molecule has 0 atom stereocenters. The molecular weight excluding hydrogens is 314 g/mol. The van der Waals surface area contributed by atoms with Gasteiger partial charge in [-0.15, -0.1) is 0 Å². The van der Waals surface area contributed by atoms with Crippen molar-refractivity contribution in [3.63, 3.8) is 0 Å². The van der Waals surface area contributed by atoms with Crippen molar-refractivity contribution in [3.8, 4) is 0 Å². The summed E-state index contributed by atoms with van der Waals surface area (Å²) in [5.41, 5.74) is 4.45. The van der Waals surface area contributed by atoms with Gasteiger partial charge in [-0.2, -0.15) is 0 Å². The molecule has 3 heteroatoms. The highest BCUT2D eigenvalue weighted by Gasteiger charge is 2.05. The van der Waals surface area contributed by atoms with Crippen LogP contribution < -0.4 is 5.32 Å². The molecule has 0 spiro atoms. The van der Waals surface area contributed by atoms with Crippen LogP contribution in [0, 0.1) is 13.8 Å². The van der Waals surface area contributed by atoms with Crippen molar-refractivity contribution in [2.45, 2.75) is 26.7 Å². The molecule has 0 aliphatic heterocycles. The Balaban J connectivity index is 1.93. The fourth-order valence-electron chi connectivity index (χ4n) is 2.03. The van der Waals surface area contributed by atoms with E-state index in [1.807, 2.05) is 37.3 Å². The predicted molar refractivity (Wildman–Crippen MR) is 87.0 cm³/mol. The number of hydrogen-bond donors (Lipinski definition) is 1. The van der Waals surface area contributed by atoms with Gasteiger partial charge in [-0.1, -0.05) is 46.3 Å². The van der Waals surface area contributed by atoms with E-state index >= 15 is 0 Å². The first-order chi connectivity index (χ1) is 9.56. The Morgan fingerprint density at radius 1 is 1.10 bits per heavy atom. The lowest BCUT2D eigenvalue weighted by atomic mass is 10.0. The molecule has 0 aromatic heterocycles. The molecule has 0 saturated heterocycles. The average molecular weight is 332 g/mol. The van der Waals surface area contributed by atoms with Crippen molar-refractivity contribution in [1.29, 1.82) is 0 Å². The van der Waals surface area contributed by atoms with Crippen molar-refractivity contribution < 1.29 is 4.79 Å². The summed E-state index contributed by atoms with van der Waals surface area (Å²) in [6.45, 7) is 4.10. The molecule has 1 N–H and O–H groups in total. The zero-order valence-electron chi connectivity index (χ0n) is 11.7. The van der Waals surface area contributed by atoms with Gasteiger partial charge in [0.05, 0.1) is 0 Å². The Hall–Kier alpha value is -1.61. The van der Waals surface area contributed by atoms with E-state index in [1.54, 1.807) is 0 Å². The van der Waals surface area contributed by atoms with Gasteiger partial charge in [0.2, 0.25) is 5.91 Å². The summed E-state index contributed by atoms with van der Waals surface area (Å²) in [6.07, 6.45) is 1.27. The first kappa shape index (κ1) is 14.8. The summed E-state index contributed by atoms with van der Waals surface area (Å²) in [4.78, 5) is 12.0. The number of nitrogens with one attached hydrogen (secondary N) is 1. The maximum atomic E-state index is 12.0. The molecule has 2 aromatic carbocycles. The second-order valence-electron chi connectivity index (χ2n) is 4.94. The minimum Gasteiger partial charge on any atom is -0.326 e. The number of aryl methyl sites for hydroxylation is 3. The summed E-state index contributed by atoms with van der Waals surface area (Å²) in [5, 5.41) is 2.93. The fraction of sp³-hybridized carbons (Fsp3) is 0.235. The van der Waals surface area contributed by atoms with Gasteiger partial charge >= 0.3 is 0 Å². The second kappa shape index (κ2) is 6.71. The highest BCUT2D eigenvalue weighted by Crippen LogP contribution is 2.20. The van der Waals surface area contributed by atoms with Crippen LogP contribution in [0.2, 0.25) is 0 Å². The highest BCUT2D eigenvalue weighted by molar-refractivity contribution is 9.10. The first-order valence-electron chi connectivity index (χ1n) is 6.67.